The molecule has 1 amide bonds. The molecule has 6 nitrogen and oxygen atoms in total. The van der Waals surface area contributed by atoms with Crippen LogP contribution in [0.2, 0.25) is 0 Å². The van der Waals surface area contributed by atoms with Gasteiger partial charge >= 0.3 is 5.97 Å². The van der Waals surface area contributed by atoms with E-state index in [-0.39, 0.29) is 24.8 Å². The third-order valence-corrected chi connectivity index (χ3v) is 2.55. The van der Waals surface area contributed by atoms with Crippen LogP contribution in [0.4, 0.5) is 0 Å². The number of aromatic nitrogens is 2. The minimum atomic E-state index is -0.348. The molecule has 2 rings (SSSR count). The molecule has 0 aliphatic carbocycles. The fourth-order valence-electron chi connectivity index (χ4n) is 1.56. The van der Waals surface area contributed by atoms with Crippen LogP contribution in [0.25, 0.3) is 10.9 Å². The maximum absolute atomic E-state index is 11.8. The van der Waals surface area contributed by atoms with E-state index in [0.29, 0.717) is 5.56 Å². The topological polar surface area (TPSA) is 84.1 Å². The van der Waals surface area contributed by atoms with Gasteiger partial charge in [-0.1, -0.05) is 6.07 Å². The quantitative estimate of drug-likeness (QED) is 0.785. The smallest absolute Gasteiger partial charge is 0.307 e. The van der Waals surface area contributed by atoms with Gasteiger partial charge in [0.15, 0.2) is 0 Å². The lowest BCUT2D eigenvalue weighted by Gasteiger charge is -2.04. The summed E-state index contributed by atoms with van der Waals surface area (Å²) in [4.78, 5) is 22.7. The van der Waals surface area contributed by atoms with Crippen LogP contribution in [-0.2, 0) is 9.53 Å². The van der Waals surface area contributed by atoms with Crippen LogP contribution in [0.15, 0.2) is 24.4 Å². The Hall–Kier alpha value is -2.37. The number of carbonyl (C=O) groups excluding carboxylic acids is 2. The van der Waals surface area contributed by atoms with Crippen LogP contribution in [0.3, 0.4) is 0 Å². The molecule has 2 N–H and O–H groups in total. The zero-order valence-electron chi connectivity index (χ0n) is 9.90. The lowest BCUT2D eigenvalue weighted by Crippen LogP contribution is -2.26. The van der Waals surface area contributed by atoms with Gasteiger partial charge in [-0.15, -0.1) is 0 Å². The lowest BCUT2D eigenvalue weighted by atomic mass is 10.1. The SMILES string of the molecule is COC(=O)CCNC(=O)c1ccc2cn[nH]c2c1. The van der Waals surface area contributed by atoms with Crippen LogP contribution in [-0.4, -0.2) is 35.7 Å². The minimum absolute atomic E-state index is 0.161. The molecular formula is C12H13N3O3. The second kappa shape index (κ2) is 5.31. The summed E-state index contributed by atoms with van der Waals surface area (Å²) in [6, 6.07) is 5.25. The Labute approximate surface area is 103 Å². The predicted octanol–water partition coefficient (Wildman–Crippen LogP) is 0.856. The molecule has 1 aromatic carbocycles. The van der Waals surface area contributed by atoms with E-state index in [9.17, 15) is 9.59 Å². The molecule has 0 spiro atoms. The first kappa shape index (κ1) is 12.1. The molecule has 0 saturated carbocycles. The molecule has 0 aliphatic heterocycles. The molecule has 0 radical (unpaired) electrons. The second-order valence-corrected chi connectivity index (χ2v) is 3.75. The van der Waals surface area contributed by atoms with E-state index in [0.717, 1.165) is 10.9 Å². The van der Waals surface area contributed by atoms with Gasteiger partial charge in [0.05, 0.1) is 25.2 Å². The Kier molecular flexibility index (Phi) is 3.57. The highest BCUT2D eigenvalue weighted by molar-refractivity contribution is 5.97. The Balaban J connectivity index is 1.97. The van der Waals surface area contributed by atoms with Crippen molar-refractivity contribution >= 4 is 22.8 Å². The fourth-order valence-corrected chi connectivity index (χ4v) is 1.56. The Morgan fingerprint density at radius 3 is 3.06 bits per heavy atom. The molecule has 1 aromatic heterocycles. The van der Waals surface area contributed by atoms with Crippen LogP contribution >= 0.6 is 0 Å². The summed E-state index contributed by atoms with van der Waals surface area (Å²) in [5, 5.41) is 10.3. The molecule has 0 fully saturated rings. The van der Waals surface area contributed by atoms with Gasteiger partial charge in [-0.05, 0) is 12.1 Å². The molecule has 0 saturated heterocycles. The maximum Gasteiger partial charge on any atom is 0.307 e. The third kappa shape index (κ3) is 2.65. The number of nitrogens with one attached hydrogen (secondary N) is 2. The highest BCUT2D eigenvalue weighted by Crippen LogP contribution is 2.12. The first-order valence-corrected chi connectivity index (χ1v) is 5.49. The molecule has 0 unspecified atom stereocenters. The van der Waals surface area contributed by atoms with Crippen molar-refractivity contribution in [2.24, 2.45) is 0 Å². The first-order valence-electron chi connectivity index (χ1n) is 5.49. The van der Waals surface area contributed by atoms with Gasteiger partial charge in [-0.2, -0.15) is 5.10 Å². The van der Waals surface area contributed by atoms with Crippen molar-refractivity contribution in [2.45, 2.75) is 6.42 Å². The van der Waals surface area contributed by atoms with E-state index in [1.54, 1.807) is 18.3 Å². The number of methoxy groups -OCH3 is 1. The number of carbonyl (C=O) groups is 2. The number of aromatic amines is 1. The summed E-state index contributed by atoms with van der Waals surface area (Å²) in [7, 11) is 1.32. The second-order valence-electron chi connectivity index (χ2n) is 3.75. The average molecular weight is 247 g/mol. The van der Waals surface area contributed by atoms with Gasteiger partial charge in [0, 0.05) is 17.5 Å². The van der Waals surface area contributed by atoms with E-state index in [2.05, 4.69) is 20.3 Å². The van der Waals surface area contributed by atoms with Gasteiger partial charge in [0.1, 0.15) is 0 Å². The first-order chi connectivity index (χ1) is 8.70. The van der Waals surface area contributed by atoms with E-state index in [1.165, 1.54) is 7.11 Å². The number of amides is 1. The van der Waals surface area contributed by atoms with Crippen LogP contribution in [0, 0.1) is 0 Å². The van der Waals surface area contributed by atoms with Gasteiger partial charge in [0.2, 0.25) is 0 Å². The summed E-state index contributed by atoms with van der Waals surface area (Å²) in [6.07, 6.45) is 1.85. The zero-order valence-corrected chi connectivity index (χ0v) is 9.90. The van der Waals surface area contributed by atoms with E-state index < -0.39 is 0 Å². The third-order valence-electron chi connectivity index (χ3n) is 2.55. The van der Waals surface area contributed by atoms with E-state index >= 15 is 0 Å². The summed E-state index contributed by atoms with van der Waals surface area (Å²) < 4.78 is 4.48. The Morgan fingerprint density at radius 1 is 1.44 bits per heavy atom. The number of esters is 1. The molecule has 1 heterocycles. The monoisotopic (exact) mass is 247 g/mol. The van der Waals surface area contributed by atoms with E-state index in [1.807, 2.05) is 6.07 Å². The molecule has 2 aromatic rings. The number of fused-ring (bicyclic) bond motifs is 1. The van der Waals surface area contributed by atoms with Crippen molar-refractivity contribution in [3.63, 3.8) is 0 Å². The Morgan fingerprint density at radius 2 is 2.28 bits per heavy atom. The largest absolute Gasteiger partial charge is 0.469 e. The van der Waals surface area contributed by atoms with E-state index in [4.69, 9.17) is 0 Å². The van der Waals surface area contributed by atoms with Crippen molar-refractivity contribution in [3.05, 3.63) is 30.0 Å². The van der Waals surface area contributed by atoms with Crippen LogP contribution < -0.4 is 5.32 Å². The van der Waals surface area contributed by atoms with Crippen molar-refractivity contribution < 1.29 is 14.3 Å². The average Bonchev–Trinajstić information content (AvgIpc) is 2.85. The summed E-state index contributed by atoms with van der Waals surface area (Å²) in [6.45, 7) is 0.256. The number of benzene rings is 1. The molecule has 0 atom stereocenters. The van der Waals surface area contributed by atoms with Gasteiger partial charge < -0.3 is 10.1 Å². The van der Waals surface area contributed by atoms with Crippen molar-refractivity contribution in [2.75, 3.05) is 13.7 Å². The summed E-state index contributed by atoms with van der Waals surface area (Å²) in [5.74, 6) is -0.574. The number of H-pyrrole nitrogens is 1. The van der Waals surface area contributed by atoms with Gasteiger partial charge in [-0.3, -0.25) is 14.7 Å². The Bertz CT molecular complexity index is 577. The molecule has 94 valence electrons. The standard InChI is InChI=1S/C12H13N3O3/c1-18-11(16)4-5-13-12(17)8-2-3-9-7-14-15-10(9)6-8/h2-3,6-7H,4-5H2,1H3,(H,13,17)(H,14,15). The molecule has 0 aliphatic rings. The highest BCUT2D eigenvalue weighted by atomic mass is 16.5. The van der Waals surface area contributed by atoms with Gasteiger partial charge in [0.25, 0.3) is 5.91 Å². The molecule has 18 heavy (non-hydrogen) atoms. The number of hydrogen-bond acceptors (Lipinski definition) is 4. The van der Waals surface area contributed by atoms with Crippen molar-refractivity contribution in [1.29, 1.82) is 0 Å². The predicted molar refractivity (Wildman–Crippen MR) is 65.1 cm³/mol. The zero-order chi connectivity index (χ0) is 13.0. The molecule has 6 heteroatoms. The van der Waals surface area contributed by atoms with Gasteiger partial charge in [-0.25, -0.2) is 0 Å². The highest BCUT2D eigenvalue weighted by Gasteiger charge is 2.07. The van der Waals surface area contributed by atoms with Crippen LogP contribution in [0.5, 0.6) is 0 Å². The van der Waals surface area contributed by atoms with Crippen LogP contribution in [0.1, 0.15) is 16.8 Å². The number of ether oxygens (including phenoxy) is 1. The number of nitrogens with zero attached hydrogens (tertiary/aromatic N) is 1. The number of hydrogen-bond donors (Lipinski definition) is 2. The molecule has 0 bridgehead atoms. The van der Waals surface area contributed by atoms with Crippen molar-refractivity contribution in [1.82, 2.24) is 15.5 Å². The normalized spacial score (nSPS) is 10.3. The fraction of sp³-hybridized carbons (Fsp3) is 0.250. The molecular weight excluding hydrogens is 234 g/mol. The maximum atomic E-state index is 11.8. The minimum Gasteiger partial charge on any atom is -0.469 e. The number of rotatable bonds is 4. The summed E-state index contributed by atoms with van der Waals surface area (Å²) >= 11 is 0. The lowest BCUT2D eigenvalue weighted by molar-refractivity contribution is -0.140. The summed E-state index contributed by atoms with van der Waals surface area (Å²) in [5.41, 5.74) is 1.33. The van der Waals surface area contributed by atoms with Crippen molar-refractivity contribution in [3.8, 4) is 0 Å².